The maximum atomic E-state index is 11.9. The largest absolute Gasteiger partial charge is 0.468 e. The van der Waals surface area contributed by atoms with Crippen LogP contribution >= 0.6 is 0 Å². The molecule has 1 amide bonds. The molecule has 0 aliphatic carbocycles. The molecule has 0 saturated carbocycles. The molecule has 2 aliphatic rings. The molecule has 2 heterocycles. The molecule has 2 aliphatic heterocycles. The predicted molar refractivity (Wildman–Crippen MR) is 73.2 cm³/mol. The molecule has 0 N–H and O–H groups in total. The summed E-state index contributed by atoms with van der Waals surface area (Å²) in [5, 5.41) is 0. The van der Waals surface area contributed by atoms with Crippen molar-refractivity contribution < 1.29 is 19.1 Å². The summed E-state index contributed by atoms with van der Waals surface area (Å²) in [6.07, 6.45) is 3.30. The monoisotopic (exact) mass is 284 g/mol. The van der Waals surface area contributed by atoms with Crippen molar-refractivity contribution >= 4 is 11.9 Å². The molecule has 20 heavy (non-hydrogen) atoms. The Kier molecular flexibility index (Phi) is 5.37. The molecule has 0 aromatic rings. The molecule has 114 valence electrons. The van der Waals surface area contributed by atoms with Crippen molar-refractivity contribution in [2.75, 3.05) is 40.4 Å². The van der Waals surface area contributed by atoms with Gasteiger partial charge in [-0.3, -0.25) is 14.5 Å². The molecule has 2 saturated heterocycles. The minimum atomic E-state index is -0.253. The van der Waals surface area contributed by atoms with Gasteiger partial charge in [0.2, 0.25) is 5.91 Å². The van der Waals surface area contributed by atoms with Crippen molar-refractivity contribution in [2.24, 2.45) is 0 Å². The second kappa shape index (κ2) is 7.04. The summed E-state index contributed by atoms with van der Waals surface area (Å²) in [6, 6.07) is -0.253. The van der Waals surface area contributed by atoms with Gasteiger partial charge in [0.1, 0.15) is 6.04 Å². The first kappa shape index (κ1) is 15.3. The van der Waals surface area contributed by atoms with Crippen molar-refractivity contribution in [3.63, 3.8) is 0 Å². The predicted octanol–water partition coefficient (Wildman–Crippen LogP) is 0.261. The Morgan fingerprint density at radius 2 is 2.10 bits per heavy atom. The van der Waals surface area contributed by atoms with Crippen LogP contribution in [0.2, 0.25) is 0 Å². The van der Waals surface area contributed by atoms with Gasteiger partial charge in [0.05, 0.1) is 13.2 Å². The second-order valence-corrected chi connectivity index (χ2v) is 5.44. The summed E-state index contributed by atoms with van der Waals surface area (Å²) < 4.78 is 10.2. The van der Waals surface area contributed by atoms with Crippen molar-refractivity contribution in [3.05, 3.63) is 0 Å². The summed E-state index contributed by atoms with van der Waals surface area (Å²) in [6.45, 7) is 3.07. The number of likely N-dealkylation sites (tertiary alicyclic amines) is 2. The number of ether oxygens (including phenoxy) is 2. The first-order chi connectivity index (χ1) is 9.65. The standard InChI is InChI=1S/C14H24N2O4/c1-19-11-5-7-15(12(10-11)14(18)20-2)8-9-16-6-3-4-13(16)17/h11-12H,3-10H2,1-2H3/t11-,12+/m0/s1. The summed E-state index contributed by atoms with van der Waals surface area (Å²) in [5.74, 6) is 0.0193. The summed E-state index contributed by atoms with van der Waals surface area (Å²) in [7, 11) is 3.10. The summed E-state index contributed by atoms with van der Waals surface area (Å²) in [5.41, 5.74) is 0. The van der Waals surface area contributed by atoms with Gasteiger partial charge in [0.25, 0.3) is 0 Å². The lowest BCUT2D eigenvalue weighted by atomic mass is 9.99. The second-order valence-electron chi connectivity index (χ2n) is 5.44. The molecule has 0 spiro atoms. The number of carbonyl (C=O) groups excluding carboxylic acids is 2. The molecule has 2 atom stereocenters. The number of hydrogen-bond donors (Lipinski definition) is 0. The highest BCUT2D eigenvalue weighted by molar-refractivity contribution is 5.78. The van der Waals surface area contributed by atoms with Crippen LogP contribution in [0, 0.1) is 0 Å². The van der Waals surface area contributed by atoms with Crippen LogP contribution in [0.25, 0.3) is 0 Å². The topological polar surface area (TPSA) is 59.1 Å². The third-order valence-electron chi connectivity index (χ3n) is 4.30. The fraction of sp³-hybridized carbons (Fsp3) is 0.857. The maximum absolute atomic E-state index is 11.9. The van der Waals surface area contributed by atoms with Gasteiger partial charge in [-0.05, 0) is 19.3 Å². The smallest absolute Gasteiger partial charge is 0.323 e. The van der Waals surface area contributed by atoms with E-state index in [0.29, 0.717) is 19.4 Å². The summed E-state index contributed by atoms with van der Waals surface area (Å²) in [4.78, 5) is 27.5. The van der Waals surface area contributed by atoms with E-state index in [4.69, 9.17) is 9.47 Å². The molecule has 0 aromatic heterocycles. The van der Waals surface area contributed by atoms with Gasteiger partial charge in [-0.2, -0.15) is 0 Å². The van der Waals surface area contributed by atoms with Gasteiger partial charge in [0, 0.05) is 39.7 Å². The molecule has 0 bridgehead atoms. The summed E-state index contributed by atoms with van der Waals surface area (Å²) >= 11 is 0. The van der Waals surface area contributed by atoms with Gasteiger partial charge < -0.3 is 14.4 Å². The number of rotatable bonds is 5. The van der Waals surface area contributed by atoms with E-state index in [1.54, 1.807) is 7.11 Å². The van der Waals surface area contributed by atoms with Gasteiger partial charge in [-0.1, -0.05) is 0 Å². The Hall–Kier alpha value is -1.14. The minimum Gasteiger partial charge on any atom is -0.468 e. The SMILES string of the molecule is COC(=O)[C@H]1C[C@@H](OC)CCN1CCN1CCCC1=O. The van der Waals surface area contributed by atoms with Crippen LogP contribution in [0.15, 0.2) is 0 Å². The number of piperidine rings is 1. The molecule has 0 radical (unpaired) electrons. The van der Waals surface area contributed by atoms with Crippen molar-refractivity contribution in [3.8, 4) is 0 Å². The third-order valence-corrected chi connectivity index (χ3v) is 4.30. The highest BCUT2D eigenvalue weighted by Gasteiger charge is 2.34. The zero-order valence-electron chi connectivity index (χ0n) is 12.3. The Labute approximate surface area is 120 Å². The maximum Gasteiger partial charge on any atom is 0.323 e. The highest BCUT2D eigenvalue weighted by Crippen LogP contribution is 2.21. The fourth-order valence-corrected chi connectivity index (χ4v) is 3.03. The number of hydrogen-bond acceptors (Lipinski definition) is 5. The number of amides is 1. The van der Waals surface area contributed by atoms with E-state index in [1.807, 2.05) is 4.90 Å². The van der Waals surface area contributed by atoms with Gasteiger partial charge in [-0.15, -0.1) is 0 Å². The quantitative estimate of drug-likeness (QED) is 0.678. The van der Waals surface area contributed by atoms with Crippen LogP contribution in [0.1, 0.15) is 25.7 Å². The number of esters is 1. The van der Waals surface area contributed by atoms with Crippen LogP contribution in [0.4, 0.5) is 0 Å². The van der Waals surface area contributed by atoms with Crippen molar-refractivity contribution in [1.82, 2.24) is 9.80 Å². The minimum absolute atomic E-state index is 0.115. The van der Waals surface area contributed by atoms with E-state index in [-0.39, 0.29) is 24.0 Å². The average Bonchev–Trinajstić information content (AvgIpc) is 2.89. The lowest BCUT2D eigenvalue weighted by molar-refractivity contribution is -0.150. The molecular formula is C14H24N2O4. The molecule has 2 fully saturated rings. The molecule has 0 unspecified atom stereocenters. The molecule has 6 nitrogen and oxygen atoms in total. The number of nitrogens with zero attached hydrogens (tertiary/aromatic N) is 2. The van der Waals surface area contributed by atoms with Gasteiger partial charge in [0.15, 0.2) is 0 Å². The van der Waals surface area contributed by atoms with E-state index in [9.17, 15) is 9.59 Å². The van der Waals surface area contributed by atoms with E-state index in [0.717, 1.165) is 32.5 Å². The van der Waals surface area contributed by atoms with Gasteiger partial charge in [-0.25, -0.2) is 0 Å². The third kappa shape index (κ3) is 3.49. The fourth-order valence-electron chi connectivity index (χ4n) is 3.03. The lowest BCUT2D eigenvalue weighted by Crippen LogP contribution is -2.51. The molecular weight excluding hydrogens is 260 g/mol. The Morgan fingerprint density at radius 1 is 1.30 bits per heavy atom. The Morgan fingerprint density at radius 3 is 2.70 bits per heavy atom. The van der Waals surface area contributed by atoms with E-state index in [2.05, 4.69) is 4.90 Å². The van der Waals surface area contributed by atoms with Crippen LogP contribution in [0.5, 0.6) is 0 Å². The van der Waals surface area contributed by atoms with Crippen LogP contribution in [-0.2, 0) is 19.1 Å². The van der Waals surface area contributed by atoms with Crippen LogP contribution < -0.4 is 0 Å². The number of methoxy groups -OCH3 is 2. The van der Waals surface area contributed by atoms with Crippen LogP contribution in [0.3, 0.4) is 0 Å². The van der Waals surface area contributed by atoms with Crippen molar-refractivity contribution in [2.45, 2.75) is 37.8 Å². The van der Waals surface area contributed by atoms with Gasteiger partial charge >= 0.3 is 5.97 Å². The van der Waals surface area contributed by atoms with E-state index >= 15 is 0 Å². The first-order valence-corrected chi connectivity index (χ1v) is 7.28. The zero-order chi connectivity index (χ0) is 14.5. The normalized spacial score (nSPS) is 27.9. The average molecular weight is 284 g/mol. The van der Waals surface area contributed by atoms with Crippen molar-refractivity contribution in [1.29, 1.82) is 0 Å². The highest BCUT2D eigenvalue weighted by atomic mass is 16.5. The zero-order valence-corrected chi connectivity index (χ0v) is 12.3. The van der Waals surface area contributed by atoms with E-state index in [1.165, 1.54) is 7.11 Å². The molecule has 0 aromatic carbocycles. The lowest BCUT2D eigenvalue weighted by Gasteiger charge is -2.37. The Bertz CT molecular complexity index is 361. The Balaban J connectivity index is 1.90. The number of carbonyl (C=O) groups is 2. The first-order valence-electron chi connectivity index (χ1n) is 7.28. The van der Waals surface area contributed by atoms with Crippen LogP contribution in [-0.4, -0.2) is 74.2 Å². The van der Waals surface area contributed by atoms with E-state index < -0.39 is 0 Å². The molecule has 6 heteroatoms. The molecule has 2 rings (SSSR count).